The molecular formula is C23H41KO4. The van der Waals surface area contributed by atoms with Crippen molar-refractivity contribution < 1.29 is 19.1 Å². The van der Waals surface area contributed by atoms with E-state index in [-0.39, 0.29) is 68.6 Å². The summed E-state index contributed by atoms with van der Waals surface area (Å²) >= 11 is 0. The second-order valence-electron chi connectivity index (χ2n) is 10.7. The fraction of sp³-hybridized carbons (Fsp3) is 0.913. The maximum absolute atomic E-state index is 12.6. The first-order valence-electron chi connectivity index (χ1n) is 10.8. The van der Waals surface area contributed by atoms with E-state index in [1.54, 1.807) is 0 Å². The zero-order valence-electron chi connectivity index (χ0n) is 18.4. The summed E-state index contributed by atoms with van der Waals surface area (Å²) in [5, 5.41) is 0. The Balaban J connectivity index is 0.00000392. The molecule has 0 radical (unpaired) electrons. The molecule has 5 heteroatoms. The van der Waals surface area contributed by atoms with Gasteiger partial charge in [0.05, 0.1) is 0 Å². The van der Waals surface area contributed by atoms with Gasteiger partial charge in [-0.15, -0.1) is 0 Å². The van der Waals surface area contributed by atoms with Gasteiger partial charge in [0.25, 0.3) is 0 Å². The fourth-order valence-corrected chi connectivity index (χ4v) is 4.88. The molecule has 0 saturated heterocycles. The number of esters is 2. The number of hydrogen-bond acceptors (Lipinski definition) is 4. The summed E-state index contributed by atoms with van der Waals surface area (Å²) in [6.07, 6.45) is 9.89. The maximum atomic E-state index is 12.6. The van der Waals surface area contributed by atoms with Crippen molar-refractivity contribution in [3.05, 3.63) is 0 Å². The van der Waals surface area contributed by atoms with Crippen molar-refractivity contribution in [2.45, 2.75) is 123 Å². The van der Waals surface area contributed by atoms with Crippen molar-refractivity contribution in [1.29, 1.82) is 0 Å². The van der Waals surface area contributed by atoms with Crippen molar-refractivity contribution >= 4 is 63.3 Å². The van der Waals surface area contributed by atoms with E-state index < -0.39 is 23.1 Å². The Morgan fingerprint density at radius 2 is 0.929 bits per heavy atom. The molecule has 2 rings (SSSR count). The molecule has 0 atom stereocenters. The van der Waals surface area contributed by atoms with Crippen molar-refractivity contribution in [3.63, 3.8) is 0 Å². The van der Waals surface area contributed by atoms with Crippen molar-refractivity contribution in [3.8, 4) is 0 Å². The topological polar surface area (TPSA) is 52.6 Å². The molecule has 2 saturated carbocycles. The molecule has 0 aromatic rings. The SMILES string of the molecule is CC(C)(C)C1(OC(=O)CC(=O)OC2(C(C)(C)C)CCCCC2)CCCCC1.[KH]. The van der Waals surface area contributed by atoms with Crippen LogP contribution in [0.5, 0.6) is 0 Å². The van der Waals surface area contributed by atoms with E-state index in [0.29, 0.717) is 0 Å². The third kappa shape index (κ3) is 6.29. The number of hydrogen-bond donors (Lipinski definition) is 0. The van der Waals surface area contributed by atoms with E-state index in [4.69, 9.17) is 9.47 Å². The molecule has 0 aromatic carbocycles. The average Bonchev–Trinajstić information content (AvgIpc) is 2.54. The van der Waals surface area contributed by atoms with Gasteiger partial charge in [0.15, 0.2) is 0 Å². The first-order chi connectivity index (χ1) is 12.4. The molecule has 0 heterocycles. The standard InChI is InChI=1S/C23H40O4.K.H/c1-20(2,3)22(13-9-7-10-14-22)26-18(24)17-19(25)27-23(21(4,5)6)15-11-8-12-16-23;;/h7-17H2,1-6H3;;. The molecule has 4 nitrogen and oxygen atoms in total. The van der Waals surface area contributed by atoms with Gasteiger partial charge in [0, 0.05) is 10.8 Å². The Morgan fingerprint density at radius 1 is 0.643 bits per heavy atom. The molecule has 158 valence electrons. The van der Waals surface area contributed by atoms with Crippen LogP contribution in [0, 0.1) is 10.8 Å². The molecule has 0 bridgehead atoms. The molecule has 0 aromatic heterocycles. The number of carbonyl (C=O) groups excluding carboxylic acids is 2. The van der Waals surface area contributed by atoms with Crippen LogP contribution in [-0.4, -0.2) is 74.5 Å². The van der Waals surface area contributed by atoms with E-state index in [2.05, 4.69) is 41.5 Å². The Bertz CT molecular complexity index is 482. The zero-order chi connectivity index (χ0) is 20.3. The number of carbonyl (C=O) groups is 2. The zero-order valence-corrected chi connectivity index (χ0v) is 18.4. The molecule has 0 amide bonds. The van der Waals surface area contributed by atoms with Gasteiger partial charge in [0.1, 0.15) is 17.6 Å². The number of ether oxygens (including phenoxy) is 2. The average molecular weight is 421 g/mol. The van der Waals surface area contributed by atoms with Crippen molar-refractivity contribution in [1.82, 2.24) is 0 Å². The van der Waals surface area contributed by atoms with Crippen LogP contribution in [0.2, 0.25) is 0 Å². The second kappa shape index (κ2) is 10.3. The minimum absolute atomic E-state index is 0. The molecule has 0 spiro atoms. The van der Waals surface area contributed by atoms with Crippen LogP contribution in [0.4, 0.5) is 0 Å². The Morgan fingerprint density at radius 3 is 1.18 bits per heavy atom. The third-order valence-corrected chi connectivity index (χ3v) is 6.96. The van der Waals surface area contributed by atoms with Gasteiger partial charge in [-0.05, 0) is 51.4 Å². The van der Waals surface area contributed by atoms with Gasteiger partial charge in [-0.25, -0.2) is 0 Å². The Labute approximate surface area is 214 Å². The molecule has 2 aliphatic carbocycles. The molecular weight excluding hydrogens is 379 g/mol. The van der Waals surface area contributed by atoms with Crippen LogP contribution >= 0.6 is 0 Å². The summed E-state index contributed by atoms with van der Waals surface area (Å²) in [6, 6.07) is 0. The Kier molecular flexibility index (Phi) is 9.75. The molecule has 0 aliphatic heterocycles. The van der Waals surface area contributed by atoms with Gasteiger partial charge in [-0.3, -0.25) is 9.59 Å². The van der Waals surface area contributed by atoms with Crippen molar-refractivity contribution in [2.75, 3.05) is 0 Å². The summed E-state index contributed by atoms with van der Waals surface area (Å²) in [5.41, 5.74) is -1.20. The van der Waals surface area contributed by atoms with E-state index in [1.165, 1.54) is 12.8 Å². The molecule has 2 aliphatic rings. The predicted octanol–water partition coefficient (Wildman–Crippen LogP) is 5.31. The summed E-state index contributed by atoms with van der Waals surface area (Å²) in [6.45, 7) is 12.8. The van der Waals surface area contributed by atoms with Crippen LogP contribution < -0.4 is 0 Å². The molecule has 0 N–H and O–H groups in total. The molecule has 2 fully saturated rings. The second-order valence-corrected chi connectivity index (χ2v) is 10.7. The van der Waals surface area contributed by atoms with Crippen LogP contribution in [0.1, 0.15) is 112 Å². The summed E-state index contributed by atoms with van der Waals surface area (Å²) in [7, 11) is 0. The fourth-order valence-electron chi connectivity index (χ4n) is 4.88. The van der Waals surface area contributed by atoms with E-state index in [9.17, 15) is 9.59 Å². The van der Waals surface area contributed by atoms with Gasteiger partial charge in [-0.2, -0.15) is 0 Å². The van der Waals surface area contributed by atoms with E-state index >= 15 is 0 Å². The number of rotatable bonds is 4. The summed E-state index contributed by atoms with van der Waals surface area (Å²) in [4.78, 5) is 25.3. The third-order valence-electron chi connectivity index (χ3n) is 6.96. The summed E-state index contributed by atoms with van der Waals surface area (Å²) < 4.78 is 12.0. The van der Waals surface area contributed by atoms with Crippen LogP contribution in [-0.2, 0) is 19.1 Å². The van der Waals surface area contributed by atoms with Crippen LogP contribution in [0.3, 0.4) is 0 Å². The first-order valence-corrected chi connectivity index (χ1v) is 10.8. The molecule has 0 unspecified atom stereocenters. The van der Waals surface area contributed by atoms with Gasteiger partial charge in [0.2, 0.25) is 0 Å². The predicted molar refractivity (Wildman–Crippen MR) is 114 cm³/mol. The van der Waals surface area contributed by atoms with Crippen molar-refractivity contribution in [2.24, 2.45) is 10.8 Å². The van der Waals surface area contributed by atoms with Gasteiger partial charge >= 0.3 is 63.3 Å². The normalized spacial score (nSPS) is 21.9. The minimum atomic E-state index is -0.463. The monoisotopic (exact) mass is 420 g/mol. The summed E-state index contributed by atoms with van der Waals surface area (Å²) in [5.74, 6) is -0.867. The van der Waals surface area contributed by atoms with E-state index in [1.807, 2.05) is 0 Å². The van der Waals surface area contributed by atoms with Gasteiger partial charge < -0.3 is 9.47 Å². The first kappa shape index (κ1) is 26.6. The van der Waals surface area contributed by atoms with E-state index in [0.717, 1.165) is 51.4 Å². The van der Waals surface area contributed by atoms with Crippen LogP contribution in [0.15, 0.2) is 0 Å². The van der Waals surface area contributed by atoms with Gasteiger partial charge in [-0.1, -0.05) is 54.4 Å². The quantitative estimate of drug-likeness (QED) is 0.351. The molecule has 28 heavy (non-hydrogen) atoms. The Hall–Kier alpha value is 0.576. The van der Waals surface area contributed by atoms with Crippen LogP contribution in [0.25, 0.3) is 0 Å².